The zero-order chi connectivity index (χ0) is 16.6. The van der Waals surface area contributed by atoms with Gasteiger partial charge in [0.15, 0.2) is 0 Å². The number of halogens is 3. The maximum atomic E-state index is 11.9. The van der Waals surface area contributed by atoms with E-state index in [0.717, 1.165) is 0 Å². The number of carbonyl (C=O) groups excluding carboxylic acids is 1. The number of alkyl halides is 3. The highest BCUT2D eigenvalue weighted by Crippen LogP contribution is 2.14. The SMILES string of the molecule is C[C@H](COCC(F)(F)F)NC(=O)CNc1ccc(C#N)cc1. The lowest BCUT2D eigenvalue weighted by Gasteiger charge is -2.15. The molecule has 0 spiro atoms. The Bertz CT molecular complexity index is 524. The van der Waals surface area contributed by atoms with Gasteiger partial charge in [-0.25, -0.2) is 0 Å². The topological polar surface area (TPSA) is 74.2 Å². The van der Waals surface area contributed by atoms with Crippen molar-refractivity contribution >= 4 is 11.6 Å². The molecule has 1 amide bonds. The van der Waals surface area contributed by atoms with Crippen LogP contribution in [0.1, 0.15) is 12.5 Å². The summed E-state index contributed by atoms with van der Waals surface area (Å²) >= 11 is 0. The largest absolute Gasteiger partial charge is 0.411 e. The standard InChI is InChI=1S/C14H16F3N3O2/c1-10(8-22-9-14(15,16)17)20-13(21)7-19-12-4-2-11(6-18)3-5-12/h2-5,10,19H,7-9H2,1H3,(H,20,21)/t10-/m1/s1. The molecule has 0 bridgehead atoms. The second-order valence-electron chi connectivity index (χ2n) is 4.64. The summed E-state index contributed by atoms with van der Waals surface area (Å²) in [4.78, 5) is 11.6. The van der Waals surface area contributed by atoms with Gasteiger partial charge in [0.25, 0.3) is 0 Å². The Kier molecular flexibility index (Phi) is 6.66. The van der Waals surface area contributed by atoms with Crippen LogP contribution in [0.5, 0.6) is 0 Å². The molecule has 5 nitrogen and oxygen atoms in total. The summed E-state index contributed by atoms with van der Waals surface area (Å²) in [5, 5.41) is 14.0. The number of nitriles is 1. The molecule has 2 N–H and O–H groups in total. The zero-order valence-corrected chi connectivity index (χ0v) is 11.9. The first-order valence-electron chi connectivity index (χ1n) is 6.48. The van der Waals surface area contributed by atoms with E-state index in [0.29, 0.717) is 11.3 Å². The van der Waals surface area contributed by atoms with Crippen molar-refractivity contribution in [3.8, 4) is 6.07 Å². The number of nitrogens with one attached hydrogen (secondary N) is 2. The lowest BCUT2D eigenvalue weighted by Crippen LogP contribution is -2.39. The molecule has 1 aromatic carbocycles. The number of hydrogen-bond acceptors (Lipinski definition) is 4. The fourth-order valence-corrected chi connectivity index (χ4v) is 1.56. The molecule has 1 aromatic rings. The Morgan fingerprint density at radius 3 is 2.55 bits per heavy atom. The predicted octanol–water partition coefficient (Wildman–Crippen LogP) is 2.05. The van der Waals surface area contributed by atoms with Crippen LogP contribution in [0.15, 0.2) is 24.3 Å². The van der Waals surface area contributed by atoms with Gasteiger partial charge in [0.2, 0.25) is 5.91 Å². The maximum absolute atomic E-state index is 11.9. The van der Waals surface area contributed by atoms with Gasteiger partial charge >= 0.3 is 6.18 Å². The van der Waals surface area contributed by atoms with Gasteiger partial charge in [0.1, 0.15) is 6.61 Å². The second kappa shape index (κ2) is 8.24. The summed E-state index contributed by atoms with van der Waals surface area (Å²) in [5.74, 6) is -0.368. The molecule has 0 radical (unpaired) electrons. The third-order valence-corrected chi connectivity index (χ3v) is 2.51. The first-order valence-corrected chi connectivity index (χ1v) is 6.48. The molecule has 22 heavy (non-hydrogen) atoms. The third kappa shape index (κ3) is 7.50. The Morgan fingerprint density at radius 2 is 2.00 bits per heavy atom. The van der Waals surface area contributed by atoms with Gasteiger partial charge in [-0.15, -0.1) is 0 Å². The fourth-order valence-electron chi connectivity index (χ4n) is 1.56. The molecular formula is C14H16F3N3O2. The number of anilines is 1. The van der Waals surface area contributed by atoms with Gasteiger partial charge in [-0.3, -0.25) is 4.79 Å². The minimum atomic E-state index is -4.37. The zero-order valence-electron chi connectivity index (χ0n) is 11.9. The third-order valence-electron chi connectivity index (χ3n) is 2.51. The van der Waals surface area contributed by atoms with E-state index >= 15 is 0 Å². The predicted molar refractivity (Wildman–Crippen MR) is 74.1 cm³/mol. The van der Waals surface area contributed by atoms with E-state index in [1.54, 1.807) is 31.2 Å². The molecular weight excluding hydrogens is 299 g/mol. The normalized spacial score (nSPS) is 12.3. The van der Waals surface area contributed by atoms with Crippen LogP contribution in [0.3, 0.4) is 0 Å². The van der Waals surface area contributed by atoms with Crippen molar-refractivity contribution < 1.29 is 22.7 Å². The molecule has 0 aliphatic rings. The minimum absolute atomic E-state index is 0.0322. The number of ether oxygens (including phenoxy) is 1. The number of benzene rings is 1. The molecule has 0 fully saturated rings. The number of nitrogens with zero attached hydrogens (tertiary/aromatic N) is 1. The Morgan fingerprint density at radius 1 is 1.36 bits per heavy atom. The van der Waals surface area contributed by atoms with Crippen molar-refractivity contribution in [2.24, 2.45) is 0 Å². The van der Waals surface area contributed by atoms with Crippen molar-refractivity contribution in [2.45, 2.75) is 19.1 Å². The summed E-state index contributed by atoms with van der Waals surface area (Å²) in [7, 11) is 0. The highest BCUT2D eigenvalue weighted by Gasteiger charge is 2.27. The summed E-state index contributed by atoms with van der Waals surface area (Å²) in [6, 6.07) is 7.96. The van der Waals surface area contributed by atoms with E-state index < -0.39 is 18.8 Å². The van der Waals surface area contributed by atoms with Crippen molar-refractivity contribution in [3.63, 3.8) is 0 Å². The molecule has 0 unspecified atom stereocenters. The highest BCUT2D eigenvalue weighted by atomic mass is 19.4. The van der Waals surface area contributed by atoms with Crippen LogP contribution in [-0.4, -0.2) is 37.9 Å². The number of amides is 1. The van der Waals surface area contributed by atoms with Gasteiger partial charge in [-0.1, -0.05) is 0 Å². The summed E-state index contributed by atoms with van der Waals surface area (Å²) < 4.78 is 40.1. The van der Waals surface area contributed by atoms with E-state index in [9.17, 15) is 18.0 Å². The Balaban J connectivity index is 2.26. The van der Waals surface area contributed by atoms with Crippen LogP contribution >= 0.6 is 0 Å². The molecule has 1 rings (SSSR count). The highest BCUT2D eigenvalue weighted by molar-refractivity contribution is 5.80. The van der Waals surface area contributed by atoms with E-state index in [2.05, 4.69) is 15.4 Å². The lowest BCUT2D eigenvalue weighted by atomic mass is 10.2. The van der Waals surface area contributed by atoms with Crippen molar-refractivity contribution in [1.29, 1.82) is 5.26 Å². The van der Waals surface area contributed by atoms with Crippen LogP contribution in [0.2, 0.25) is 0 Å². The molecule has 0 aliphatic heterocycles. The minimum Gasteiger partial charge on any atom is -0.376 e. The van der Waals surface area contributed by atoms with Gasteiger partial charge in [-0.05, 0) is 31.2 Å². The van der Waals surface area contributed by atoms with Crippen LogP contribution in [-0.2, 0) is 9.53 Å². The molecule has 0 aliphatic carbocycles. The number of carbonyl (C=O) groups is 1. The summed E-state index contributed by atoms with van der Waals surface area (Å²) in [6.45, 7) is -0.0374. The summed E-state index contributed by atoms with van der Waals surface area (Å²) in [6.07, 6.45) is -4.37. The van der Waals surface area contributed by atoms with Gasteiger partial charge in [-0.2, -0.15) is 18.4 Å². The molecule has 0 heterocycles. The molecule has 0 saturated heterocycles. The maximum Gasteiger partial charge on any atom is 0.411 e. The molecule has 0 saturated carbocycles. The first-order chi connectivity index (χ1) is 10.3. The average molecular weight is 315 g/mol. The van der Waals surface area contributed by atoms with Gasteiger partial charge in [0, 0.05) is 11.7 Å². The number of rotatable bonds is 7. The van der Waals surface area contributed by atoms with E-state index in [1.165, 1.54) is 0 Å². The molecule has 1 atom stereocenters. The van der Waals surface area contributed by atoms with Crippen molar-refractivity contribution in [3.05, 3.63) is 29.8 Å². The smallest absolute Gasteiger partial charge is 0.376 e. The molecule has 8 heteroatoms. The first kappa shape index (κ1) is 17.8. The number of hydrogen-bond donors (Lipinski definition) is 2. The van der Waals surface area contributed by atoms with Crippen LogP contribution in [0, 0.1) is 11.3 Å². The van der Waals surface area contributed by atoms with Crippen LogP contribution in [0.4, 0.5) is 18.9 Å². The molecule has 120 valence electrons. The quantitative estimate of drug-likeness (QED) is 0.807. The Labute approximate surface area is 126 Å². The monoisotopic (exact) mass is 315 g/mol. The van der Waals surface area contributed by atoms with Crippen molar-refractivity contribution in [2.75, 3.05) is 25.1 Å². The lowest BCUT2D eigenvalue weighted by molar-refractivity contribution is -0.175. The van der Waals surface area contributed by atoms with Crippen LogP contribution in [0.25, 0.3) is 0 Å². The summed E-state index contributed by atoms with van der Waals surface area (Å²) in [5.41, 5.74) is 1.17. The average Bonchev–Trinajstić information content (AvgIpc) is 2.44. The van der Waals surface area contributed by atoms with Crippen molar-refractivity contribution in [1.82, 2.24) is 5.32 Å². The van der Waals surface area contributed by atoms with E-state index in [-0.39, 0.29) is 19.1 Å². The van der Waals surface area contributed by atoms with Gasteiger partial charge in [0.05, 0.1) is 24.8 Å². The molecule has 0 aromatic heterocycles. The second-order valence-corrected chi connectivity index (χ2v) is 4.64. The Hall–Kier alpha value is -2.27. The van der Waals surface area contributed by atoms with Gasteiger partial charge < -0.3 is 15.4 Å². The van der Waals surface area contributed by atoms with E-state index in [1.807, 2.05) is 6.07 Å². The fraction of sp³-hybridized carbons (Fsp3) is 0.429. The van der Waals surface area contributed by atoms with E-state index in [4.69, 9.17) is 5.26 Å². The van der Waals surface area contributed by atoms with Crippen LogP contribution < -0.4 is 10.6 Å².